The number of aromatic nitrogens is 2. The maximum atomic E-state index is 12.6. The summed E-state index contributed by atoms with van der Waals surface area (Å²) >= 11 is 0. The molecule has 0 aliphatic carbocycles. The number of rotatable bonds is 2. The highest BCUT2D eigenvalue weighted by atomic mass is 19.1. The molecule has 2 rings (SSSR count). The largest absolute Gasteiger partial charge is 0.493 e. The number of nitrogens with zero attached hydrogens (tertiary/aromatic N) is 2. The lowest BCUT2D eigenvalue weighted by Crippen LogP contribution is -1.98. The summed E-state index contributed by atoms with van der Waals surface area (Å²) in [4.78, 5) is 6.13. The highest BCUT2D eigenvalue weighted by molar-refractivity contribution is 5.20. The van der Waals surface area contributed by atoms with Crippen LogP contribution in [0.25, 0.3) is 0 Å². The Balaban J connectivity index is 0.000000211. The second-order valence-electron chi connectivity index (χ2n) is 3.85. The third-order valence-electron chi connectivity index (χ3n) is 2.31. The number of hydrogen-bond donors (Lipinski definition) is 1. The molecule has 0 amide bonds. The van der Waals surface area contributed by atoms with Crippen molar-refractivity contribution in [1.29, 1.82) is 0 Å². The van der Waals surface area contributed by atoms with Gasteiger partial charge in [-0.15, -0.1) is 0 Å². The zero-order valence-electron chi connectivity index (χ0n) is 11.1. The van der Waals surface area contributed by atoms with Gasteiger partial charge < -0.3 is 9.84 Å². The van der Waals surface area contributed by atoms with Crippen molar-refractivity contribution in [3.05, 3.63) is 53.6 Å². The Morgan fingerprint density at radius 3 is 1.95 bits per heavy atom. The molecule has 1 unspecified atom stereocenters. The molecule has 2 heterocycles. The van der Waals surface area contributed by atoms with Gasteiger partial charge in [-0.1, -0.05) is 0 Å². The van der Waals surface area contributed by atoms with E-state index in [4.69, 9.17) is 5.11 Å². The van der Waals surface area contributed by atoms with Gasteiger partial charge in [-0.25, -0.2) is 18.7 Å². The van der Waals surface area contributed by atoms with Gasteiger partial charge in [-0.3, -0.25) is 0 Å². The van der Waals surface area contributed by atoms with E-state index in [1.165, 1.54) is 14.0 Å². The normalized spacial score (nSPS) is 11.4. The summed E-state index contributed by atoms with van der Waals surface area (Å²) in [5.74, 6) is -3.03. The van der Waals surface area contributed by atoms with Crippen LogP contribution < -0.4 is 4.74 Å². The Morgan fingerprint density at radius 2 is 1.52 bits per heavy atom. The fourth-order valence-electron chi connectivity index (χ4n) is 1.30. The molecule has 8 heteroatoms. The average molecular weight is 304 g/mol. The Kier molecular flexibility index (Phi) is 6.04. The monoisotopic (exact) mass is 304 g/mol. The molecule has 4 nitrogen and oxygen atoms in total. The van der Waals surface area contributed by atoms with Crippen LogP contribution in [0.3, 0.4) is 0 Å². The van der Waals surface area contributed by atoms with E-state index in [0.717, 1.165) is 24.5 Å². The average Bonchev–Trinajstić information content (AvgIpc) is 2.44. The third kappa shape index (κ3) is 4.99. The lowest BCUT2D eigenvalue weighted by molar-refractivity contribution is 0.193. The molecule has 0 radical (unpaired) electrons. The second kappa shape index (κ2) is 7.53. The van der Waals surface area contributed by atoms with E-state index in [1.54, 1.807) is 0 Å². The van der Waals surface area contributed by atoms with Gasteiger partial charge in [0.2, 0.25) is 11.9 Å². The molecule has 0 fully saturated rings. The number of aliphatic hydroxyl groups is 1. The van der Waals surface area contributed by atoms with E-state index in [-0.39, 0.29) is 11.3 Å². The van der Waals surface area contributed by atoms with Gasteiger partial charge >= 0.3 is 0 Å². The van der Waals surface area contributed by atoms with Gasteiger partial charge in [0.1, 0.15) is 5.82 Å². The predicted molar refractivity (Wildman–Crippen MR) is 65.5 cm³/mol. The van der Waals surface area contributed by atoms with Crippen molar-refractivity contribution in [2.75, 3.05) is 7.11 Å². The molecule has 0 spiro atoms. The first-order valence-electron chi connectivity index (χ1n) is 5.69. The number of methoxy groups -OCH3 is 1. The highest BCUT2D eigenvalue weighted by Gasteiger charge is 2.09. The fourth-order valence-corrected chi connectivity index (χ4v) is 1.30. The summed E-state index contributed by atoms with van der Waals surface area (Å²) in [5, 5.41) is 8.89. The third-order valence-corrected chi connectivity index (χ3v) is 2.31. The van der Waals surface area contributed by atoms with Crippen LogP contribution in [0, 0.1) is 23.5 Å². The minimum Gasteiger partial charge on any atom is -0.493 e. The first kappa shape index (κ1) is 16.8. The van der Waals surface area contributed by atoms with E-state index >= 15 is 0 Å². The SMILES string of the molecule is CC(O)c1cc(F)ncc1F.COc1cc(F)ncc1F. The smallest absolute Gasteiger partial charge is 0.216 e. The molecular formula is C13H12F4N2O2. The Morgan fingerprint density at radius 1 is 1.00 bits per heavy atom. The Bertz CT molecular complexity index is 609. The van der Waals surface area contributed by atoms with E-state index in [0.29, 0.717) is 0 Å². The van der Waals surface area contributed by atoms with Gasteiger partial charge in [0, 0.05) is 17.7 Å². The Labute approximate surface area is 118 Å². The van der Waals surface area contributed by atoms with Crippen molar-refractivity contribution in [3.63, 3.8) is 0 Å². The molecule has 114 valence electrons. The van der Waals surface area contributed by atoms with Crippen molar-refractivity contribution < 1.29 is 27.4 Å². The molecule has 1 N–H and O–H groups in total. The van der Waals surface area contributed by atoms with Crippen molar-refractivity contribution >= 4 is 0 Å². The highest BCUT2D eigenvalue weighted by Crippen LogP contribution is 2.15. The van der Waals surface area contributed by atoms with Crippen molar-refractivity contribution in [3.8, 4) is 5.75 Å². The molecule has 0 bridgehead atoms. The first-order valence-corrected chi connectivity index (χ1v) is 5.69. The molecular weight excluding hydrogens is 292 g/mol. The lowest BCUT2D eigenvalue weighted by atomic mass is 10.2. The summed E-state index contributed by atoms with van der Waals surface area (Å²) in [6.07, 6.45) is 0.512. The van der Waals surface area contributed by atoms with Crippen LogP contribution >= 0.6 is 0 Å². The minimum atomic E-state index is -1.01. The molecule has 21 heavy (non-hydrogen) atoms. The molecule has 0 aliphatic rings. The molecule has 0 aliphatic heterocycles. The standard InChI is InChI=1S/C7H7F2NO.C6H5F2NO/c1-4(11)5-2-7(9)10-3-6(5)8;1-10-5-2-6(8)9-3-4(5)7/h2-4,11H,1H3;2-3H,1H3. The summed E-state index contributed by atoms with van der Waals surface area (Å²) in [6, 6.07) is 1.76. The quantitative estimate of drug-likeness (QED) is 0.685. The van der Waals surface area contributed by atoms with Crippen LogP contribution in [0.5, 0.6) is 5.75 Å². The van der Waals surface area contributed by atoms with Crippen LogP contribution in [0.1, 0.15) is 18.6 Å². The van der Waals surface area contributed by atoms with Crippen LogP contribution in [0.4, 0.5) is 17.6 Å². The molecule has 0 saturated carbocycles. The number of hydrogen-bond acceptors (Lipinski definition) is 4. The zero-order valence-corrected chi connectivity index (χ0v) is 11.1. The molecule has 2 aromatic heterocycles. The maximum absolute atomic E-state index is 12.6. The van der Waals surface area contributed by atoms with Crippen LogP contribution in [0.15, 0.2) is 24.5 Å². The van der Waals surface area contributed by atoms with E-state index in [2.05, 4.69) is 14.7 Å². The van der Waals surface area contributed by atoms with Crippen LogP contribution in [-0.2, 0) is 0 Å². The molecule has 1 atom stereocenters. The van der Waals surface area contributed by atoms with E-state index in [1.807, 2.05) is 0 Å². The topological polar surface area (TPSA) is 55.2 Å². The fraction of sp³-hybridized carbons (Fsp3) is 0.231. The van der Waals surface area contributed by atoms with E-state index in [9.17, 15) is 17.6 Å². The minimum absolute atomic E-state index is 0.0718. The second-order valence-corrected chi connectivity index (χ2v) is 3.85. The summed E-state index contributed by atoms with van der Waals surface area (Å²) in [5.41, 5.74) is -0.0718. The number of pyridine rings is 2. The number of aliphatic hydroxyl groups excluding tert-OH is 1. The molecule has 2 aromatic rings. The summed E-state index contributed by atoms with van der Waals surface area (Å²) < 4.78 is 54.0. The van der Waals surface area contributed by atoms with Gasteiger partial charge in [0.05, 0.1) is 25.6 Å². The van der Waals surface area contributed by atoms with Crippen molar-refractivity contribution in [1.82, 2.24) is 9.97 Å². The van der Waals surface area contributed by atoms with Crippen molar-refractivity contribution in [2.24, 2.45) is 0 Å². The van der Waals surface area contributed by atoms with Gasteiger partial charge in [-0.05, 0) is 6.92 Å². The maximum Gasteiger partial charge on any atom is 0.216 e. The molecule has 0 aromatic carbocycles. The van der Waals surface area contributed by atoms with Crippen LogP contribution in [0.2, 0.25) is 0 Å². The summed E-state index contributed by atoms with van der Waals surface area (Å²) in [7, 11) is 1.26. The van der Waals surface area contributed by atoms with Gasteiger partial charge in [0.25, 0.3) is 0 Å². The zero-order chi connectivity index (χ0) is 16.0. The predicted octanol–water partition coefficient (Wildman–Crippen LogP) is 2.78. The van der Waals surface area contributed by atoms with Crippen LogP contribution in [-0.4, -0.2) is 22.2 Å². The summed E-state index contributed by atoms with van der Waals surface area (Å²) in [6.45, 7) is 1.36. The van der Waals surface area contributed by atoms with Gasteiger partial charge in [0.15, 0.2) is 11.6 Å². The Hall–Kier alpha value is -2.22. The first-order chi connectivity index (χ1) is 9.85. The van der Waals surface area contributed by atoms with Gasteiger partial charge in [-0.2, -0.15) is 8.78 Å². The number of ether oxygens (including phenoxy) is 1. The molecule has 0 saturated heterocycles. The van der Waals surface area contributed by atoms with E-state index < -0.39 is 29.6 Å². The lowest BCUT2D eigenvalue weighted by Gasteiger charge is -2.04. The van der Waals surface area contributed by atoms with Crippen molar-refractivity contribution in [2.45, 2.75) is 13.0 Å². The number of halogens is 4.